The van der Waals surface area contributed by atoms with Crippen molar-refractivity contribution in [3.05, 3.63) is 23.5 Å². The lowest BCUT2D eigenvalue weighted by Crippen LogP contribution is -2.21. The molecule has 0 spiro atoms. The van der Waals surface area contributed by atoms with E-state index in [1.165, 1.54) is 0 Å². The van der Waals surface area contributed by atoms with Gasteiger partial charge in [-0.1, -0.05) is 0 Å². The summed E-state index contributed by atoms with van der Waals surface area (Å²) in [7, 11) is 4.03. The Bertz CT molecular complexity index is 356. The van der Waals surface area contributed by atoms with E-state index in [9.17, 15) is 4.79 Å². The Labute approximate surface area is 96.8 Å². The highest BCUT2D eigenvalue weighted by molar-refractivity contribution is 5.89. The lowest BCUT2D eigenvalue weighted by Gasteiger charge is -2.13. The molecule has 0 aromatic carbocycles. The van der Waals surface area contributed by atoms with E-state index in [4.69, 9.17) is 4.74 Å². The fourth-order valence-electron chi connectivity index (χ4n) is 1.55. The van der Waals surface area contributed by atoms with Crippen LogP contribution in [0.15, 0.2) is 12.3 Å². The monoisotopic (exact) mass is 224 g/mol. The van der Waals surface area contributed by atoms with Gasteiger partial charge in [0.1, 0.15) is 5.69 Å². The standard InChI is InChI=1S/C12H20N2O2/c1-5-16-12(15)11-10(2)6-7-14(11)9-8-13(3)4/h6-7H,5,8-9H2,1-4H3. The van der Waals surface area contributed by atoms with Crippen molar-refractivity contribution in [2.75, 3.05) is 27.2 Å². The summed E-state index contributed by atoms with van der Waals surface area (Å²) < 4.78 is 6.99. The van der Waals surface area contributed by atoms with Crippen molar-refractivity contribution in [2.45, 2.75) is 20.4 Å². The van der Waals surface area contributed by atoms with Crippen LogP contribution in [0.3, 0.4) is 0 Å². The predicted octanol–water partition coefficient (Wildman–Crippen LogP) is 1.53. The Balaban J connectivity index is 2.81. The van der Waals surface area contributed by atoms with Gasteiger partial charge < -0.3 is 14.2 Å². The van der Waals surface area contributed by atoms with Gasteiger partial charge >= 0.3 is 5.97 Å². The van der Waals surface area contributed by atoms with Crippen molar-refractivity contribution in [3.8, 4) is 0 Å². The molecule has 1 aromatic rings. The number of likely N-dealkylation sites (N-methyl/N-ethyl adjacent to an activating group) is 1. The fourth-order valence-corrected chi connectivity index (χ4v) is 1.55. The molecule has 4 nitrogen and oxygen atoms in total. The molecule has 0 aliphatic carbocycles. The van der Waals surface area contributed by atoms with Gasteiger partial charge in [-0.15, -0.1) is 0 Å². The molecular formula is C12H20N2O2. The SMILES string of the molecule is CCOC(=O)c1c(C)ccn1CCN(C)C. The summed E-state index contributed by atoms with van der Waals surface area (Å²) in [5.41, 5.74) is 1.64. The van der Waals surface area contributed by atoms with Gasteiger partial charge in [0.2, 0.25) is 0 Å². The summed E-state index contributed by atoms with van der Waals surface area (Å²) in [4.78, 5) is 13.8. The molecule has 1 heterocycles. The van der Waals surface area contributed by atoms with Crippen molar-refractivity contribution >= 4 is 5.97 Å². The number of rotatable bonds is 5. The van der Waals surface area contributed by atoms with E-state index in [0.717, 1.165) is 18.7 Å². The van der Waals surface area contributed by atoms with Crippen molar-refractivity contribution < 1.29 is 9.53 Å². The van der Waals surface area contributed by atoms with Gasteiger partial charge in [0.15, 0.2) is 0 Å². The number of hydrogen-bond donors (Lipinski definition) is 0. The smallest absolute Gasteiger partial charge is 0.355 e. The average Bonchev–Trinajstić information content (AvgIpc) is 2.57. The summed E-state index contributed by atoms with van der Waals surface area (Å²) in [5, 5.41) is 0. The highest BCUT2D eigenvalue weighted by Gasteiger charge is 2.15. The van der Waals surface area contributed by atoms with Crippen LogP contribution in [0.4, 0.5) is 0 Å². The summed E-state index contributed by atoms with van der Waals surface area (Å²) in [6, 6.07) is 1.95. The Morgan fingerprint density at radius 2 is 2.19 bits per heavy atom. The first kappa shape index (κ1) is 12.8. The van der Waals surface area contributed by atoms with E-state index in [2.05, 4.69) is 4.90 Å². The van der Waals surface area contributed by atoms with Gasteiger partial charge in [-0.05, 0) is 39.6 Å². The highest BCUT2D eigenvalue weighted by Crippen LogP contribution is 2.11. The van der Waals surface area contributed by atoms with E-state index < -0.39 is 0 Å². The first-order chi connectivity index (χ1) is 7.56. The van der Waals surface area contributed by atoms with Crippen LogP contribution in [-0.2, 0) is 11.3 Å². The summed E-state index contributed by atoms with van der Waals surface area (Å²) in [6.07, 6.45) is 1.94. The van der Waals surface area contributed by atoms with Gasteiger partial charge in [0.25, 0.3) is 0 Å². The molecule has 0 bridgehead atoms. The van der Waals surface area contributed by atoms with Crippen LogP contribution in [0.1, 0.15) is 23.0 Å². The lowest BCUT2D eigenvalue weighted by atomic mass is 10.3. The molecule has 0 atom stereocenters. The number of ether oxygens (including phenoxy) is 1. The summed E-state index contributed by atoms with van der Waals surface area (Å²) in [5.74, 6) is -0.233. The Morgan fingerprint density at radius 1 is 1.50 bits per heavy atom. The largest absolute Gasteiger partial charge is 0.461 e. The van der Waals surface area contributed by atoms with Crippen LogP contribution in [0.25, 0.3) is 0 Å². The fraction of sp³-hybridized carbons (Fsp3) is 0.583. The molecule has 0 N–H and O–H groups in total. The molecule has 0 radical (unpaired) electrons. The lowest BCUT2D eigenvalue weighted by molar-refractivity contribution is 0.0512. The van der Waals surface area contributed by atoms with Crippen LogP contribution >= 0.6 is 0 Å². The van der Waals surface area contributed by atoms with E-state index in [0.29, 0.717) is 12.3 Å². The van der Waals surface area contributed by atoms with Crippen molar-refractivity contribution in [2.24, 2.45) is 0 Å². The zero-order valence-electron chi connectivity index (χ0n) is 10.5. The summed E-state index contributed by atoms with van der Waals surface area (Å²) in [6.45, 7) is 5.87. The first-order valence-corrected chi connectivity index (χ1v) is 5.53. The van der Waals surface area contributed by atoms with Gasteiger partial charge in [0, 0.05) is 19.3 Å². The van der Waals surface area contributed by atoms with E-state index in [1.54, 1.807) is 0 Å². The van der Waals surface area contributed by atoms with Crippen LogP contribution in [0.2, 0.25) is 0 Å². The second-order valence-electron chi connectivity index (χ2n) is 4.06. The molecule has 0 amide bonds. The van der Waals surface area contributed by atoms with Crippen molar-refractivity contribution in [1.29, 1.82) is 0 Å². The second kappa shape index (κ2) is 5.70. The molecule has 90 valence electrons. The number of nitrogens with zero attached hydrogens (tertiary/aromatic N) is 2. The Morgan fingerprint density at radius 3 is 2.75 bits per heavy atom. The molecule has 0 saturated heterocycles. The van der Waals surface area contributed by atoms with Gasteiger partial charge in [-0.2, -0.15) is 0 Å². The predicted molar refractivity (Wildman–Crippen MR) is 63.7 cm³/mol. The number of hydrogen-bond acceptors (Lipinski definition) is 3. The highest BCUT2D eigenvalue weighted by atomic mass is 16.5. The third kappa shape index (κ3) is 3.10. The van der Waals surface area contributed by atoms with E-state index in [1.807, 2.05) is 44.8 Å². The normalized spacial score (nSPS) is 10.8. The first-order valence-electron chi connectivity index (χ1n) is 5.53. The maximum absolute atomic E-state index is 11.7. The number of carbonyl (C=O) groups is 1. The Kier molecular flexibility index (Phi) is 4.55. The third-order valence-corrected chi connectivity index (χ3v) is 2.42. The molecule has 1 aromatic heterocycles. The molecular weight excluding hydrogens is 204 g/mol. The topological polar surface area (TPSA) is 34.5 Å². The van der Waals surface area contributed by atoms with E-state index >= 15 is 0 Å². The number of aryl methyl sites for hydroxylation is 1. The Hall–Kier alpha value is -1.29. The van der Waals surface area contributed by atoms with Crippen molar-refractivity contribution in [3.63, 3.8) is 0 Å². The summed E-state index contributed by atoms with van der Waals surface area (Å²) >= 11 is 0. The molecule has 1 rings (SSSR count). The minimum absolute atomic E-state index is 0.233. The van der Waals surface area contributed by atoms with Crippen LogP contribution in [-0.4, -0.2) is 42.7 Å². The average molecular weight is 224 g/mol. The molecule has 16 heavy (non-hydrogen) atoms. The molecule has 0 saturated carbocycles. The molecule has 4 heteroatoms. The molecule has 0 fully saturated rings. The molecule has 0 unspecified atom stereocenters. The molecule has 0 aliphatic heterocycles. The molecule has 0 aliphatic rings. The zero-order chi connectivity index (χ0) is 12.1. The quantitative estimate of drug-likeness (QED) is 0.711. The van der Waals surface area contributed by atoms with Crippen LogP contribution in [0, 0.1) is 6.92 Å². The second-order valence-corrected chi connectivity index (χ2v) is 4.06. The maximum Gasteiger partial charge on any atom is 0.355 e. The van der Waals surface area contributed by atoms with Gasteiger partial charge in [-0.25, -0.2) is 4.79 Å². The minimum atomic E-state index is -0.233. The zero-order valence-corrected chi connectivity index (χ0v) is 10.5. The van der Waals surface area contributed by atoms with Crippen LogP contribution < -0.4 is 0 Å². The third-order valence-electron chi connectivity index (χ3n) is 2.42. The van der Waals surface area contributed by atoms with Gasteiger partial charge in [-0.3, -0.25) is 0 Å². The van der Waals surface area contributed by atoms with Crippen molar-refractivity contribution in [1.82, 2.24) is 9.47 Å². The maximum atomic E-state index is 11.7. The van der Waals surface area contributed by atoms with Crippen LogP contribution in [0.5, 0.6) is 0 Å². The number of carbonyl (C=O) groups excluding carboxylic acids is 1. The number of aromatic nitrogens is 1. The van der Waals surface area contributed by atoms with Gasteiger partial charge in [0.05, 0.1) is 6.61 Å². The number of esters is 1. The minimum Gasteiger partial charge on any atom is -0.461 e. The van der Waals surface area contributed by atoms with E-state index in [-0.39, 0.29) is 5.97 Å².